The molecule has 4 fully saturated rings. The number of aromatic nitrogens is 2. The van der Waals surface area contributed by atoms with Gasteiger partial charge in [0.1, 0.15) is 11.4 Å². The third-order valence-electron chi connectivity index (χ3n) is 11.7. The van der Waals surface area contributed by atoms with Crippen LogP contribution in [0.4, 0.5) is 0 Å². The van der Waals surface area contributed by atoms with Crippen LogP contribution in [0.5, 0.6) is 0 Å². The third-order valence-corrected chi connectivity index (χ3v) is 11.7. The zero-order valence-corrected chi connectivity index (χ0v) is 30.7. The SMILES string of the molecule is CNC(=O)c1cc(C(=O)NC2[C@H]3COC[C@@H]23)cc([C@H](C)c2cccc(C3OC[C@@H]4[C@@H](NC(=O)c5cc(C(=O)NC)nc([C@@H](C)c6ccccc6)c5)[C@H]34)c2)n1. The van der Waals surface area contributed by atoms with Gasteiger partial charge in [-0.25, -0.2) is 9.97 Å². The number of fused-ring (bicyclic) bond motifs is 2. The highest BCUT2D eigenvalue weighted by molar-refractivity contribution is 6.00. The van der Waals surface area contributed by atoms with E-state index >= 15 is 0 Å². The van der Waals surface area contributed by atoms with Crippen LogP contribution in [0, 0.1) is 23.7 Å². The molecule has 4 amide bonds. The number of carbonyl (C=O) groups is 4. The molecule has 2 unspecified atom stereocenters. The summed E-state index contributed by atoms with van der Waals surface area (Å²) in [4.78, 5) is 61.8. The van der Waals surface area contributed by atoms with Gasteiger partial charge in [0.05, 0.1) is 25.9 Å². The maximum atomic E-state index is 13.7. The van der Waals surface area contributed by atoms with Gasteiger partial charge >= 0.3 is 0 Å². The molecule has 0 bridgehead atoms. The Bertz CT molecular complexity index is 2120. The van der Waals surface area contributed by atoms with Crippen molar-refractivity contribution in [1.82, 2.24) is 31.2 Å². The number of pyridine rings is 2. The molecule has 8 rings (SSSR count). The van der Waals surface area contributed by atoms with Gasteiger partial charge in [0.15, 0.2) is 0 Å². The average Bonchev–Trinajstić information content (AvgIpc) is 3.84. The Kier molecular flexibility index (Phi) is 9.49. The van der Waals surface area contributed by atoms with Crippen molar-refractivity contribution in [3.05, 3.63) is 129 Å². The summed E-state index contributed by atoms with van der Waals surface area (Å²) in [5.74, 6) is -0.629. The topological polar surface area (TPSA) is 161 Å². The third kappa shape index (κ3) is 6.75. The fourth-order valence-electron chi connectivity index (χ4n) is 8.19. The Labute approximate surface area is 313 Å². The van der Waals surface area contributed by atoms with Crippen LogP contribution in [0.2, 0.25) is 0 Å². The summed E-state index contributed by atoms with van der Waals surface area (Å²) in [6, 6.07) is 24.6. The van der Waals surface area contributed by atoms with Crippen LogP contribution in [-0.2, 0) is 9.47 Å². The predicted molar refractivity (Wildman–Crippen MR) is 199 cm³/mol. The summed E-state index contributed by atoms with van der Waals surface area (Å²) < 4.78 is 11.7. The second-order valence-corrected chi connectivity index (χ2v) is 14.9. The molecule has 2 aromatic carbocycles. The molecule has 0 spiro atoms. The van der Waals surface area contributed by atoms with Crippen molar-refractivity contribution in [3.8, 4) is 0 Å². The van der Waals surface area contributed by atoms with Crippen molar-refractivity contribution in [1.29, 1.82) is 0 Å². The number of benzene rings is 2. The number of nitrogens with zero attached hydrogens (tertiary/aromatic N) is 2. The van der Waals surface area contributed by atoms with Crippen LogP contribution in [0.3, 0.4) is 0 Å². The van der Waals surface area contributed by atoms with Crippen LogP contribution in [0.25, 0.3) is 0 Å². The molecule has 54 heavy (non-hydrogen) atoms. The lowest BCUT2D eigenvalue weighted by molar-refractivity contribution is 0.0688. The van der Waals surface area contributed by atoms with E-state index in [4.69, 9.17) is 9.47 Å². The van der Waals surface area contributed by atoms with Crippen LogP contribution in [0.1, 0.15) is 102 Å². The molecule has 278 valence electrons. The zero-order valence-electron chi connectivity index (χ0n) is 30.7. The Balaban J connectivity index is 0.985. The summed E-state index contributed by atoms with van der Waals surface area (Å²) in [5, 5.41) is 11.6. The Hall–Kier alpha value is -5.46. The minimum absolute atomic E-state index is 0.0831. The number of rotatable bonds is 11. The van der Waals surface area contributed by atoms with Gasteiger partial charge in [-0.05, 0) is 41.0 Å². The van der Waals surface area contributed by atoms with Crippen LogP contribution < -0.4 is 21.3 Å². The first-order valence-electron chi connectivity index (χ1n) is 18.6. The van der Waals surface area contributed by atoms with Crippen molar-refractivity contribution in [3.63, 3.8) is 0 Å². The van der Waals surface area contributed by atoms with Gasteiger partial charge < -0.3 is 30.7 Å². The normalized spacial score (nSPS) is 25.7. The molecule has 2 aliphatic carbocycles. The van der Waals surface area contributed by atoms with E-state index in [0.717, 1.165) is 16.7 Å². The fourth-order valence-corrected chi connectivity index (χ4v) is 8.19. The maximum absolute atomic E-state index is 13.7. The molecule has 2 saturated heterocycles. The molecule has 4 heterocycles. The fraction of sp³-hybridized carbons (Fsp3) is 0.381. The van der Waals surface area contributed by atoms with Crippen LogP contribution >= 0.6 is 0 Å². The molecule has 9 atom stereocenters. The second kappa shape index (κ2) is 14.4. The van der Waals surface area contributed by atoms with E-state index in [1.807, 2.05) is 62.4 Å². The maximum Gasteiger partial charge on any atom is 0.269 e. The van der Waals surface area contributed by atoms with E-state index in [1.165, 1.54) is 0 Å². The number of amides is 4. The van der Waals surface area contributed by atoms with Crippen molar-refractivity contribution >= 4 is 23.6 Å². The van der Waals surface area contributed by atoms with Gasteiger partial charge in [-0.15, -0.1) is 0 Å². The summed E-state index contributed by atoms with van der Waals surface area (Å²) in [7, 11) is 3.09. The molecule has 4 aliphatic rings. The first-order valence-corrected chi connectivity index (χ1v) is 18.6. The largest absolute Gasteiger partial charge is 0.381 e. The van der Waals surface area contributed by atoms with E-state index in [9.17, 15) is 19.2 Å². The lowest BCUT2D eigenvalue weighted by atomic mass is 9.92. The minimum atomic E-state index is -0.366. The highest BCUT2D eigenvalue weighted by atomic mass is 16.5. The van der Waals surface area contributed by atoms with Crippen LogP contribution in [-0.4, -0.2) is 79.6 Å². The summed E-state index contributed by atoms with van der Waals surface area (Å²) in [5.41, 5.74) is 5.36. The van der Waals surface area contributed by atoms with Gasteiger partial charge in [0.25, 0.3) is 23.6 Å². The molecular formula is C42H44N6O6. The predicted octanol–water partition coefficient (Wildman–Crippen LogP) is 3.99. The second-order valence-electron chi connectivity index (χ2n) is 14.9. The van der Waals surface area contributed by atoms with E-state index in [2.05, 4.69) is 37.3 Å². The Morgan fingerprint density at radius 2 is 1.19 bits per heavy atom. The van der Waals surface area contributed by atoms with Gasteiger partial charge in [-0.2, -0.15) is 0 Å². The monoisotopic (exact) mass is 728 g/mol. The smallest absolute Gasteiger partial charge is 0.269 e. The average molecular weight is 729 g/mol. The quantitative estimate of drug-likeness (QED) is 0.181. The molecule has 0 radical (unpaired) electrons. The molecular weight excluding hydrogens is 684 g/mol. The molecule has 4 N–H and O–H groups in total. The first kappa shape index (κ1) is 35.6. The highest BCUT2D eigenvalue weighted by Gasteiger charge is 2.60. The van der Waals surface area contributed by atoms with Crippen molar-refractivity contribution in [2.75, 3.05) is 33.9 Å². The Morgan fingerprint density at radius 1 is 0.630 bits per heavy atom. The minimum Gasteiger partial charge on any atom is -0.381 e. The summed E-state index contributed by atoms with van der Waals surface area (Å²) >= 11 is 0. The molecule has 12 nitrogen and oxygen atoms in total. The zero-order chi connectivity index (χ0) is 37.7. The van der Waals surface area contributed by atoms with Gasteiger partial charge in [-0.1, -0.05) is 68.4 Å². The summed E-state index contributed by atoms with van der Waals surface area (Å²) in [6.07, 6.45) is -0.228. The molecule has 2 aliphatic heterocycles. The van der Waals surface area contributed by atoms with Crippen molar-refractivity contribution in [2.24, 2.45) is 23.7 Å². The van der Waals surface area contributed by atoms with Gasteiger partial charge in [-0.3, -0.25) is 19.2 Å². The van der Waals surface area contributed by atoms with E-state index in [-0.39, 0.29) is 76.9 Å². The lowest BCUT2D eigenvalue weighted by Gasteiger charge is -2.20. The van der Waals surface area contributed by atoms with Gasteiger partial charge in [0, 0.05) is 84.2 Å². The molecule has 2 saturated carbocycles. The number of carbonyl (C=O) groups excluding carboxylic acids is 4. The standard InChI is InChI=1S/C42H44N6O6/c1-21(23-9-6-5-7-10-23)31-14-27(17-33(45-31)41(51)43-3)40(50)48-37-30-20-54-38(35(30)37)25-12-8-11-24(13-25)22(2)32-15-26(16-34(46-32)42(52)44-4)39(49)47-36-28-18-53-19-29(28)36/h5-17,21-22,28-30,35-38H,18-20H2,1-4H3,(H,43,51)(H,44,52)(H,47,49)(H,48,50)/t21-,22+,28-,29+,30-,35+,36?,37+,38?/m0/s1. The number of nitrogens with one attached hydrogen (secondary N) is 4. The lowest BCUT2D eigenvalue weighted by Crippen LogP contribution is -2.31. The molecule has 12 heteroatoms. The molecule has 4 aromatic rings. The van der Waals surface area contributed by atoms with Crippen molar-refractivity contribution < 1.29 is 28.7 Å². The van der Waals surface area contributed by atoms with E-state index in [1.54, 1.807) is 38.4 Å². The van der Waals surface area contributed by atoms with Gasteiger partial charge in [0.2, 0.25) is 0 Å². The molecule has 2 aromatic heterocycles. The number of hydrogen-bond donors (Lipinski definition) is 4. The number of ether oxygens (including phenoxy) is 2. The van der Waals surface area contributed by atoms with E-state index in [0.29, 0.717) is 54.2 Å². The van der Waals surface area contributed by atoms with E-state index < -0.39 is 0 Å². The first-order chi connectivity index (χ1) is 26.1. The van der Waals surface area contributed by atoms with Crippen molar-refractivity contribution in [2.45, 2.75) is 43.9 Å². The summed E-state index contributed by atoms with van der Waals surface area (Å²) in [6.45, 7) is 5.85. The van der Waals surface area contributed by atoms with Crippen LogP contribution in [0.15, 0.2) is 78.9 Å². The number of hydrogen-bond acceptors (Lipinski definition) is 8. The Morgan fingerprint density at radius 3 is 1.78 bits per heavy atom. The highest BCUT2D eigenvalue weighted by Crippen LogP contribution is 2.55.